The predicted octanol–water partition coefficient (Wildman–Crippen LogP) is 3.24. The van der Waals surface area contributed by atoms with Crippen LogP contribution in [0.1, 0.15) is 27.0 Å². The van der Waals surface area contributed by atoms with Gasteiger partial charge < -0.3 is 5.11 Å². The second-order valence-electron chi connectivity index (χ2n) is 5.90. The summed E-state index contributed by atoms with van der Waals surface area (Å²) in [5.41, 5.74) is 5.31. The number of carbonyl (C=O) groups excluding carboxylic acids is 1. The number of allylic oxidation sites excluding steroid dienone is 5. The predicted molar refractivity (Wildman–Crippen MR) is 88.8 cm³/mol. The lowest BCUT2D eigenvalue weighted by atomic mass is 10.1. The number of benzene rings is 2. The molecule has 0 bridgehead atoms. The van der Waals surface area contributed by atoms with Crippen molar-refractivity contribution in [2.45, 2.75) is 12.8 Å². The Balaban J connectivity index is 1.56. The third-order valence-corrected chi connectivity index (χ3v) is 4.46. The fraction of sp³-hybridized carbons (Fsp3) is 0.0952. The molecule has 0 radical (unpaired) electrons. The molecule has 0 saturated carbocycles. The van der Waals surface area contributed by atoms with E-state index < -0.39 is 0 Å². The van der Waals surface area contributed by atoms with Gasteiger partial charge in [-0.15, -0.1) is 0 Å². The first-order chi connectivity index (χ1) is 11.2. The molecule has 0 heterocycles. The summed E-state index contributed by atoms with van der Waals surface area (Å²) in [7, 11) is 0. The second kappa shape index (κ2) is 5.40. The van der Waals surface area contributed by atoms with E-state index in [-0.39, 0.29) is 11.5 Å². The summed E-state index contributed by atoms with van der Waals surface area (Å²) in [6.07, 6.45) is 6.85. The molecule has 0 aromatic heterocycles. The minimum Gasteiger partial charge on any atom is -0.872 e. The standard InChI is InChI=1S/C21H16O2/c22-20-16(12-14-6-1-3-10-18(14)20)8-5-9-17-13-15-7-2-4-11-19(15)21(17)23/h1-11,22H,12-13H2/p-1. The highest BCUT2D eigenvalue weighted by Crippen LogP contribution is 2.30. The van der Waals surface area contributed by atoms with Crippen molar-refractivity contribution in [3.8, 4) is 0 Å². The first-order valence-electron chi connectivity index (χ1n) is 7.72. The number of ketones is 1. The SMILES string of the molecule is O=C1C(=CC=CC2=C([O-])c3ccccc3C2)Cc2ccccc21. The molecule has 23 heavy (non-hydrogen) atoms. The largest absolute Gasteiger partial charge is 0.872 e. The summed E-state index contributed by atoms with van der Waals surface area (Å²) in [6, 6.07) is 15.4. The third kappa shape index (κ3) is 2.33. The normalized spacial score (nSPS) is 18.1. The Kier molecular flexibility index (Phi) is 3.23. The Bertz CT molecular complexity index is 898. The van der Waals surface area contributed by atoms with Crippen LogP contribution in [0, 0.1) is 0 Å². The molecule has 0 amide bonds. The quantitative estimate of drug-likeness (QED) is 0.799. The summed E-state index contributed by atoms with van der Waals surface area (Å²) >= 11 is 0. The first kappa shape index (κ1) is 13.8. The summed E-state index contributed by atoms with van der Waals surface area (Å²) < 4.78 is 0. The van der Waals surface area contributed by atoms with Gasteiger partial charge in [0.15, 0.2) is 5.78 Å². The summed E-state index contributed by atoms with van der Waals surface area (Å²) in [4.78, 5) is 12.3. The molecule has 2 aromatic rings. The lowest BCUT2D eigenvalue weighted by molar-refractivity contribution is -0.244. The molecule has 0 N–H and O–H groups in total. The van der Waals surface area contributed by atoms with Crippen molar-refractivity contribution >= 4 is 11.5 Å². The van der Waals surface area contributed by atoms with Gasteiger partial charge in [0.2, 0.25) is 0 Å². The molecule has 2 heteroatoms. The summed E-state index contributed by atoms with van der Waals surface area (Å²) in [5.74, 6) is 0.188. The van der Waals surface area contributed by atoms with Crippen LogP contribution in [0.15, 0.2) is 77.9 Å². The van der Waals surface area contributed by atoms with E-state index in [1.807, 2.05) is 66.8 Å². The van der Waals surface area contributed by atoms with Gasteiger partial charge in [-0.3, -0.25) is 4.79 Å². The van der Waals surface area contributed by atoms with Gasteiger partial charge in [-0.1, -0.05) is 78.1 Å². The van der Waals surface area contributed by atoms with Crippen LogP contribution in [0.4, 0.5) is 0 Å². The number of carbonyl (C=O) groups is 1. The number of rotatable bonds is 2. The minimum absolute atomic E-state index is 0.0938. The zero-order chi connectivity index (χ0) is 15.8. The van der Waals surface area contributed by atoms with Crippen molar-refractivity contribution in [1.29, 1.82) is 0 Å². The van der Waals surface area contributed by atoms with Gasteiger partial charge in [0, 0.05) is 17.6 Å². The molecular formula is C21H15O2-. The monoisotopic (exact) mass is 299 g/mol. The highest BCUT2D eigenvalue weighted by Gasteiger charge is 2.23. The van der Waals surface area contributed by atoms with Crippen molar-refractivity contribution in [1.82, 2.24) is 0 Å². The van der Waals surface area contributed by atoms with Crippen molar-refractivity contribution in [2.75, 3.05) is 0 Å². The van der Waals surface area contributed by atoms with Gasteiger partial charge >= 0.3 is 0 Å². The molecule has 0 atom stereocenters. The number of hydrogen-bond donors (Lipinski definition) is 0. The molecule has 0 unspecified atom stereocenters. The fourth-order valence-corrected chi connectivity index (χ4v) is 3.26. The van der Waals surface area contributed by atoms with Crippen LogP contribution in [0.25, 0.3) is 5.76 Å². The average molecular weight is 299 g/mol. The Hall–Kier alpha value is -2.87. The molecule has 4 rings (SSSR count). The number of Topliss-reactive ketones (excluding diaryl/α,β-unsaturated/α-hetero) is 1. The third-order valence-electron chi connectivity index (χ3n) is 4.46. The van der Waals surface area contributed by atoms with Crippen molar-refractivity contribution in [3.05, 3.63) is 100 Å². The molecule has 2 aromatic carbocycles. The number of fused-ring (bicyclic) bond motifs is 2. The topological polar surface area (TPSA) is 40.1 Å². The number of hydrogen-bond acceptors (Lipinski definition) is 2. The van der Waals surface area contributed by atoms with Gasteiger partial charge in [0.05, 0.1) is 0 Å². The van der Waals surface area contributed by atoms with E-state index >= 15 is 0 Å². The van der Waals surface area contributed by atoms with E-state index in [4.69, 9.17) is 0 Å². The molecular weight excluding hydrogens is 284 g/mol. The van der Waals surface area contributed by atoms with Crippen molar-refractivity contribution < 1.29 is 9.90 Å². The Morgan fingerprint density at radius 3 is 2.22 bits per heavy atom. The van der Waals surface area contributed by atoms with Crippen LogP contribution in [0.5, 0.6) is 0 Å². The maximum atomic E-state index is 12.3. The van der Waals surface area contributed by atoms with Crippen molar-refractivity contribution in [2.24, 2.45) is 0 Å². The van der Waals surface area contributed by atoms with E-state index in [9.17, 15) is 9.90 Å². The highest BCUT2D eigenvalue weighted by atomic mass is 16.3. The average Bonchev–Trinajstić information content (AvgIpc) is 3.07. The van der Waals surface area contributed by atoms with Crippen LogP contribution in [-0.2, 0) is 12.8 Å². The van der Waals surface area contributed by atoms with Gasteiger partial charge in [-0.2, -0.15) is 0 Å². The second-order valence-corrected chi connectivity index (χ2v) is 5.90. The van der Waals surface area contributed by atoms with Crippen molar-refractivity contribution in [3.63, 3.8) is 0 Å². The lowest BCUT2D eigenvalue weighted by Gasteiger charge is -2.09. The highest BCUT2D eigenvalue weighted by molar-refractivity contribution is 6.13. The minimum atomic E-state index is 0.0938. The molecule has 0 spiro atoms. The maximum absolute atomic E-state index is 12.3. The molecule has 0 aliphatic heterocycles. The van der Waals surface area contributed by atoms with Crippen LogP contribution in [0.3, 0.4) is 0 Å². The van der Waals surface area contributed by atoms with Crippen LogP contribution < -0.4 is 5.11 Å². The maximum Gasteiger partial charge on any atom is 0.189 e. The molecule has 112 valence electrons. The molecule has 0 saturated heterocycles. The Morgan fingerprint density at radius 2 is 1.52 bits per heavy atom. The molecule has 2 aliphatic carbocycles. The first-order valence-corrected chi connectivity index (χ1v) is 7.72. The smallest absolute Gasteiger partial charge is 0.189 e. The van der Waals surface area contributed by atoms with Gasteiger partial charge in [0.1, 0.15) is 0 Å². The zero-order valence-electron chi connectivity index (χ0n) is 12.6. The van der Waals surface area contributed by atoms with E-state index in [1.165, 1.54) is 0 Å². The van der Waals surface area contributed by atoms with Gasteiger partial charge in [0.25, 0.3) is 0 Å². The molecule has 0 fully saturated rings. The van der Waals surface area contributed by atoms with Crippen LogP contribution >= 0.6 is 0 Å². The lowest BCUT2D eigenvalue weighted by Crippen LogP contribution is -2.01. The van der Waals surface area contributed by atoms with E-state index in [0.29, 0.717) is 12.8 Å². The van der Waals surface area contributed by atoms with E-state index in [1.54, 1.807) is 0 Å². The summed E-state index contributed by atoms with van der Waals surface area (Å²) in [5, 5.41) is 12.3. The molecule has 2 nitrogen and oxygen atoms in total. The van der Waals surface area contributed by atoms with Crippen LogP contribution in [0.2, 0.25) is 0 Å². The fourth-order valence-electron chi connectivity index (χ4n) is 3.26. The van der Waals surface area contributed by atoms with E-state index in [2.05, 4.69) is 0 Å². The van der Waals surface area contributed by atoms with Crippen LogP contribution in [-0.4, -0.2) is 5.78 Å². The zero-order valence-corrected chi connectivity index (χ0v) is 12.6. The molecule has 2 aliphatic rings. The van der Waals surface area contributed by atoms with Gasteiger partial charge in [-0.25, -0.2) is 0 Å². The van der Waals surface area contributed by atoms with E-state index in [0.717, 1.165) is 33.4 Å². The van der Waals surface area contributed by atoms with Gasteiger partial charge in [-0.05, 0) is 23.1 Å². The summed E-state index contributed by atoms with van der Waals surface area (Å²) in [6.45, 7) is 0. The Morgan fingerprint density at radius 1 is 0.870 bits per heavy atom. The Labute approximate surface area is 135 Å².